The van der Waals surface area contributed by atoms with Crippen molar-refractivity contribution in [2.75, 3.05) is 6.54 Å². The Labute approximate surface area is 131 Å². The molecule has 0 aliphatic rings. The maximum absolute atomic E-state index is 12.0. The molecule has 3 rings (SSSR count). The first-order chi connectivity index (χ1) is 11.1. The summed E-state index contributed by atoms with van der Waals surface area (Å²) in [6.07, 6.45) is 2.59. The van der Waals surface area contributed by atoms with Crippen LogP contribution in [0.25, 0.3) is 11.1 Å². The quantitative estimate of drug-likeness (QED) is 0.717. The minimum atomic E-state index is -0.702. The summed E-state index contributed by atoms with van der Waals surface area (Å²) in [6.45, 7) is 0.160. The molecule has 1 amide bonds. The first kappa shape index (κ1) is 15.1. The van der Waals surface area contributed by atoms with Crippen molar-refractivity contribution in [3.05, 3.63) is 59.0 Å². The Kier molecular flexibility index (Phi) is 4.29. The summed E-state index contributed by atoms with van der Waals surface area (Å²) in [5.74, 6) is -0.891. The van der Waals surface area contributed by atoms with Crippen molar-refractivity contribution in [2.45, 2.75) is 19.1 Å². The molecule has 0 saturated carbocycles. The third kappa shape index (κ3) is 3.35. The largest absolute Gasteiger partial charge is 0.472 e. The van der Waals surface area contributed by atoms with Crippen LogP contribution in [-0.2, 0) is 11.3 Å². The number of furan rings is 1. The summed E-state index contributed by atoms with van der Waals surface area (Å²) in [5, 5.41) is 12.6. The van der Waals surface area contributed by atoms with Crippen LogP contribution >= 0.6 is 0 Å². The standard InChI is InChI=1S/C16H16N2O5/c19-13(11-6-8-22-10-11)5-7-17-15(20)9-18-12-3-1-2-4-14(12)23-16(18)21/h1-4,6,8,10,13,19H,5,7,9H2,(H,17,20). The van der Waals surface area contributed by atoms with Crippen LogP contribution < -0.4 is 11.1 Å². The van der Waals surface area contributed by atoms with Crippen LogP contribution in [0.2, 0.25) is 0 Å². The van der Waals surface area contributed by atoms with Crippen LogP contribution in [0.3, 0.4) is 0 Å². The number of carbonyl (C=O) groups is 1. The SMILES string of the molecule is O=C(Cn1c(=O)oc2ccccc21)NCCC(O)c1ccoc1. The maximum Gasteiger partial charge on any atom is 0.420 e. The Morgan fingerprint density at radius 1 is 1.30 bits per heavy atom. The van der Waals surface area contributed by atoms with E-state index in [-0.39, 0.29) is 19.0 Å². The van der Waals surface area contributed by atoms with E-state index in [9.17, 15) is 14.7 Å². The fourth-order valence-corrected chi connectivity index (χ4v) is 2.34. The van der Waals surface area contributed by atoms with Crippen LogP contribution in [-0.4, -0.2) is 22.1 Å². The molecule has 7 heteroatoms. The van der Waals surface area contributed by atoms with Crippen molar-refractivity contribution < 1.29 is 18.7 Å². The second-order valence-corrected chi connectivity index (χ2v) is 5.13. The molecular weight excluding hydrogens is 300 g/mol. The molecule has 7 nitrogen and oxygen atoms in total. The van der Waals surface area contributed by atoms with Crippen molar-refractivity contribution in [2.24, 2.45) is 0 Å². The van der Waals surface area contributed by atoms with Crippen LogP contribution in [0.15, 0.2) is 56.5 Å². The van der Waals surface area contributed by atoms with Gasteiger partial charge in [-0.25, -0.2) is 4.79 Å². The molecule has 1 atom stereocenters. The molecule has 0 saturated heterocycles. The number of nitrogens with one attached hydrogen (secondary N) is 1. The summed E-state index contributed by atoms with van der Waals surface area (Å²) < 4.78 is 11.2. The van der Waals surface area contributed by atoms with Gasteiger partial charge in [-0.05, 0) is 24.6 Å². The molecule has 0 bridgehead atoms. The van der Waals surface area contributed by atoms with E-state index in [0.717, 1.165) is 0 Å². The molecule has 0 spiro atoms. The van der Waals surface area contributed by atoms with Gasteiger partial charge in [-0.15, -0.1) is 0 Å². The van der Waals surface area contributed by atoms with Gasteiger partial charge in [0.1, 0.15) is 6.54 Å². The molecular formula is C16H16N2O5. The molecule has 23 heavy (non-hydrogen) atoms. The molecule has 0 fully saturated rings. The van der Waals surface area contributed by atoms with Gasteiger partial charge in [-0.3, -0.25) is 9.36 Å². The number of aromatic nitrogens is 1. The van der Waals surface area contributed by atoms with Gasteiger partial charge < -0.3 is 19.3 Å². The Balaban J connectivity index is 1.57. The van der Waals surface area contributed by atoms with Gasteiger partial charge in [0.25, 0.3) is 0 Å². The lowest BCUT2D eigenvalue weighted by atomic mass is 10.1. The lowest BCUT2D eigenvalue weighted by Crippen LogP contribution is -2.31. The summed E-state index contributed by atoms with van der Waals surface area (Å²) in [7, 11) is 0. The number of oxazole rings is 1. The highest BCUT2D eigenvalue weighted by atomic mass is 16.4. The molecule has 0 aliphatic carbocycles. The number of amides is 1. The van der Waals surface area contributed by atoms with Gasteiger partial charge in [-0.2, -0.15) is 0 Å². The number of para-hydroxylation sites is 2. The average Bonchev–Trinajstić information content (AvgIpc) is 3.16. The van der Waals surface area contributed by atoms with Gasteiger partial charge in [-0.1, -0.05) is 12.1 Å². The topological polar surface area (TPSA) is 97.6 Å². The number of aliphatic hydroxyl groups excluding tert-OH is 1. The molecule has 2 aromatic heterocycles. The minimum Gasteiger partial charge on any atom is -0.472 e. The summed E-state index contributed by atoms with van der Waals surface area (Å²) in [4.78, 5) is 23.7. The molecule has 1 unspecified atom stereocenters. The van der Waals surface area contributed by atoms with E-state index in [1.54, 1.807) is 30.3 Å². The number of nitrogens with zero attached hydrogens (tertiary/aromatic N) is 1. The first-order valence-electron chi connectivity index (χ1n) is 7.20. The van der Waals surface area contributed by atoms with Crippen molar-refractivity contribution in [1.82, 2.24) is 9.88 Å². The fraction of sp³-hybridized carbons (Fsp3) is 0.250. The third-order valence-corrected chi connectivity index (χ3v) is 3.54. The lowest BCUT2D eigenvalue weighted by Gasteiger charge is -2.09. The Morgan fingerprint density at radius 2 is 2.13 bits per heavy atom. The molecule has 120 valence electrons. The predicted octanol–water partition coefficient (Wildman–Crippen LogP) is 1.43. The van der Waals surface area contributed by atoms with Crippen molar-refractivity contribution >= 4 is 17.0 Å². The van der Waals surface area contributed by atoms with Crippen LogP contribution in [0.4, 0.5) is 0 Å². The summed E-state index contributed by atoms with van der Waals surface area (Å²) in [6, 6.07) is 8.59. The van der Waals surface area contributed by atoms with Crippen LogP contribution in [0, 0.1) is 0 Å². The van der Waals surface area contributed by atoms with Gasteiger partial charge in [0.15, 0.2) is 5.58 Å². The van der Waals surface area contributed by atoms with Crippen molar-refractivity contribution in [3.63, 3.8) is 0 Å². The van der Waals surface area contributed by atoms with Crippen molar-refractivity contribution in [3.8, 4) is 0 Å². The number of benzene rings is 1. The van der Waals surface area contributed by atoms with E-state index in [1.807, 2.05) is 0 Å². The number of hydrogen-bond acceptors (Lipinski definition) is 5. The van der Waals surface area contributed by atoms with E-state index in [1.165, 1.54) is 17.1 Å². The molecule has 0 radical (unpaired) electrons. The van der Waals surface area contributed by atoms with Gasteiger partial charge >= 0.3 is 5.76 Å². The van der Waals surface area contributed by atoms with E-state index >= 15 is 0 Å². The first-order valence-corrected chi connectivity index (χ1v) is 7.20. The van der Waals surface area contributed by atoms with E-state index in [0.29, 0.717) is 23.1 Å². The van der Waals surface area contributed by atoms with Crippen LogP contribution in [0.1, 0.15) is 18.1 Å². The van der Waals surface area contributed by atoms with E-state index in [2.05, 4.69) is 5.32 Å². The Bertz CT molecular complexity index is 847. The predicted molar refractivity (Wildman–Crippen MR) is 81.8 cm³/mol. The summed E-state index contributed by atoms with van der Waals surface area (Å²) in [5.41, 5.74) is 1.68. The zero-order chi connectivity index (χ0) is 16.2. The Hall–Kier alpha value is -2.80. The van der Waals surface area contributed by atoms with Gasteiger partial charge in [0.2, 0.25) is 5.91 Å². The number of rotatable bonds is 6. The molecule has 3 aromatic rings. The molecule has 1 aromatic carbocycles. The number of fused-ring (bicyclic) bond motifs is 1. The molecule has 2 heterocycles. The second-order valence-electron chi connectivity index (χ2n) is 5.13. The lowest BCUT2D eigenvalue weighted by molar-refractivity contribution is -0.121. The van der Waals surface area contributed by atoms with Crippen LogP contribution in [0.5, 0.6) is 0 Å². The van der Waals surface area contributed by atoms with E-state index in [4.69, 9.17) is 8.83 Å². The van der Waals surface area contributed by atoms with Gasteiger partial charge in [0.05, 0.1) is 24.1 Å². The van der Waals surface area contributed by atoms with E-state index < -0.39 is 11.9 Å². The number of aliphatic hydroxyl groups is 1. The van der Waals surface area contributed by atoms with Gasteiger partial charge in [0, 0.05) is 12.1 Å². The fourth-order valence-electron chi connectivity index (χ4n) is 2.34. The highest BCUT2D eigenvalue weighted by molar-refractivity contribution is 5.79. The Morgan fingerprint density at radius 3 is 2.91 bits per heavy atom. The highest BCUT2D eigenvalue weighted by Crippen LogP contribution is 2.16. The molecule has 0 aliphatic heterocycles. The molecule has 2 N–H and O–H groups in total. The highest BCUT2D eigenvalue weighted by Gasteiger charge is 2.13. The third-order valence-electron chi connectivity index (χ3n) is 3.54. The number of carbonyl (C=O) groups excluding carboxylic acids is 1. The average molecular weight is 316 g/mol. The van der Waals surface area contributed by atoms with Crippen molar-refractivity contribution in [1.29, 1.82) is 0 Å². The minimum absolute atomic E-state index is 0.127. The maximum atomic E-state index is 12.0. The monoisotopic (exact) mass is 316 g/mol. The normalized spacial score (nSPS) is 12.4. The number of hydrogen-bond donors (Lipinski definition) is 2. The summed E-state index contributed by atoms with van der Waals surface area (Å²) >= 11 is 0. The smallest absolute Gasteiger partial charge is 0.420 e. The zero-order valence-electron chi connectivity index (χ0n) is 12.3. The zero-order valence-corrected chi connectivity index (χ0v) is 12.3. The second kappa shape index (κ2) is 6.53.